The van der Waals surface area contributed by atoms with Crippen molar-refractivity contribution in [1.29, 1.82) is 0 Å². The summed E-state index contributed by atoms with van der Waals surface area (Å²) in [7, 11) is 1.94. The number of carbonyl (C=O) groups is 1. The molecular formula is C21H32N6O. The van der Waals surface area contributed by atoms with Crippen LogP contribution in [0.3, 0.4) is 0 Å². The highest BCUT2D eigenvalue weighted by Crippen LogP contribution is 2.23. The van der Waals surface area contributed by atoms with E-state index in [-0.39, 0.29) is 5.92 Å². The number of aromatic nitrogens is 2. The second-order valence-corrected chi connectivity index (χ2v) is 7.87. The fraction of sp³-hybridized carbons (Fsp3) is 0.619. The Bertz CT molecular complexity index is 810. The molecule has 4 rings (SSSR count). The third kappa shape index (κ3) is 3.92. The average molecular weight is 385 g/mol. The molecule has 1 N–H and O–H groups in total. The van der Waals surface area contributed by atoms with Gasteiger partial charge in [-0.05, 0) is 45.5 Å². The first-order valence-electron chi connectivity index (χ1n) is 10.6. The van der Waals surface area contributed by atoms with Gasteiger partial charge in [-0.3, -0.25) is 15.1 Å². The second-order valence-electron chi connectivity index (χ2n) is 7.87. The molecular weight excluding hydrogens is 352 g/mol. The molecule has 3 heterocycles. The number of nitrogens with zero attached hydrogens (tertiary/aromatic N) is 5. The molecule has 0 bridgehead atoms. The van der Waals surface area contributed by atoms with Crippen molar-refractivity contribution in [2.75, 3.05) is 46.3 Å². The van der Waals surface area contributed by atoms with E-state index in [1.165, 1.54) is 5.52 Å². The number of piperazine rings is 1. The standard InChI is InChI=1S/C21H32N6O/c1-3-27-19-9-5-4-8-18(19)23-20(27)16-24-10-6-7-17(15-24)21(28)25-11-13-26(22-2)14-12-25/h4-5,8-9,17,22H,3,6-7,10-16H2,1-2H3/t17-/m0/s1. The topological polar surface area (TPSA) is 56.6 Å². The first kappa shape index (κ1) is 19.4. The van der Waals surface area contributed by atoms with Gasteiger partial charge in [-0.1, -0.05) is 12.1 Å². The number of fused-ring (bicyclic) bond motifs is 1. The molecule has 0 radical (unpaired) electrons. The normalized spacial score (nSPS) is 22.1. The molecule has 0 saturated carbocycles. The third-order valence-electron chi connectivity index (χ3n) is 6.18. The maximum absolute atomic E-state index is 13.0. The number of amides is 1. The lowest BCUT2D eigenvalue weighted by Crippen LogP contribution is -2.54. The van der Waals surface area contributed by atoms with Gasteiger partial charge in [0.2, 0.25) is 5.91 Å². The van der Waals surface area contributed by atoms with Crippen molar-refractivity contribution in [1.82, 2.24) is 29.8 Å². The van der Waals surface area contributed by atoms with Crippen LogP contribution < -0.4 is 5.43 Å². The van der Waals surface area contributed by atoms with Crippen molar-refractivity contribution in [3.05, 3.63) is 30.1 Å². The van der Waals surface area contributed by atoms with Crippen LogP contribution in [0.25, 0.3) is 11.0 Å². The zero-order valence-corrected chi connectivity index (χ0v) is 17.1. The van der Waals surface area contributed by atoms with Gasteiger partial charge in [0.05, 0.1) is 23.5 Å². The smallest absolute Gasteiger partial charge is 0.227 e. The molecule has 0 unspecified atom stereocenters. The molecule has 152 valence electrons. The number of nitrogens with one attached hydrogen (secondary N) is 1. The SMILES string of the molecule is CCn1c(CN2CCC[C@H](C(=O)N3CCN(NC)CC3)C2)nc2ccccc21. The summed E-state index contributed by atoms with van der Waals surface area (Å²) in [5, 5.41) is 2.17. The van der Waals surface area contributed by atoms with Crippen LogP contribution >= 0.6 is 0 Å². The molecule has 1 amide bonds. The van der Waals surface area contributed by atoms with Gasteiger partial charge in [-0.15, -0.1) is 0 Å². The lowest BCUT2D eigenvalue weighted by Gasteiger charge is -2.38. The Morgan fingerprint density at radius 2 is 1.96 bits per heavy atom. The van der Waals surface area contributed by atoms with Crippen molar-refractivity contribution in [3.8, 4) is 0 Å². The van der Waals surface area contributed by atoms with E-state index in [0.717, 1.165) is 76.5 Å². The predicted molar refractivity (Wildman–Crippen MR) is 111 cm³/mol. The molecule has 0 spiro atoms. The number of piperidine rings is 1. The molecule has 2 aliphatic heterocycles. The summed E-state index contributed by atoms with van der Waals surface area (Å²) in [5.74, 6) is 1.57. The lowest BCUT2D eigenvalue weighted by atomic mass is 9.96. The first-order valence-corrected chi connectivity index (χ1v) is 10.6. The van der Waals surface area contributed by atoms with Gasteiger partial charge in [0.15, 0.2) is 0 Å². The quantitative estimate of drug-likeness (QED) is 0.848. The van der Waals surface area contributed by atoms with Crippen LogP contribution in [-0.4, -0.2) is 76.6 Å². The molecule has 1 atom stereocenters. The highest BCUT2D eigenvalue weighted by molar-refractivity contribution is 5.79. The highest BCUT2D eigenvalue weighted by atomic mass is 16.2. The number of benzene rings is 1. The van der Waals surface area contributed by atoms with E-state index in [2.05, 4.69) is 49.9 Å². The first-order chi connectivity index (χ1) is 13.7. The van der Waals surface area contributed by atoms with Gasteiger partial charge in [0, 0.05) is 39.3 Å². The Labute approximate surface area is 167 Å². The summed E-state index contributed by atoms with van der Waals surface area (Å²) in [6.45, 7) is 9.25. The minimum Gasteiger partial charge on any atom is -0.340 e. The number of hydrazine groups is 1. The summed E-state index contributed by atoms with van der Waals surface area (Å²) in [4.78, 5) is 22.4. The van der Waals surface area contributed by atoms with E-state index in [4.69, 9.17) is 4.98 Å². The van der Waals surface area contributed by atoms with E-state index in [0.29, 0.717) is 5.91 Å². The van der Waals surface area contributed by atoms with Crippen molar-refractivity contribution < 1.29 is 4.79 Å². The Morgan fingerprint density at radius 1 is 1.18 bits per heavy atom. The van der Waals surface area contributed by atoms with Crippen LogP contribution in [0.15, 0.2) is 24.3 Å². The van der Waals surface area contributed by atoms with Crippen molar-refractivity contribution in [3.63, 3.8) is 0 Å². The number of para-hydroxylation sites is 2. The van der Waals surface area contributed by atoms with Gasteiger partial charge < -0.3 is 9.47 Å². The second kappa shape index (κ2) is 8.59. The van der Waals surface area contributed by atoms with Crippen molar-refractivity contribution >= 4 is 16.9 Å². The van der Waals surface area contributed by atoms with Crippen molar-refractivity contribution in [2.24, 2.45) is 5.92 Å². The van der Waals surface area contributed by atoms with Gasteiger partial charge in [0.1, 0.15) is 5.82 Å². The molecule has 1 aromatic heterocycles. The zero-order chi connectivity index (χ0) is 19.5. The van der Waals surface area contributed by atoms with Crippen LogP contribution in [-0.2, 0) is 17.9 Å². The predicted octanol–water partition coefficient (Wildman–Crippen LogP) is 1.55. The summed E-state index contributed by atoms with van der Waals surface area (Å²) >= 11 is 0. The molecule has 7 nitrogen and oxygen atoms in total. The number of carbonyl (C=O) groups excluding carboxylic acids is 1. The van der Waals surface area contributed by atoms with Gasteiger partial charge in [0.25, 0.3) is 0 Å². The van der Waals surface area contributed by atoms with E-state index in [1.807, 2.05) is 13.1 Å². The average Bonchev–Trinajstić information content (AvgIpc) is 3.10. The van der Waals surface area contributed by atoms with Gasteiger partial charge in [-0.2, -0.15) is 0 Å². The molecule has 2 aromatic rings. The summed E-state index contributed by atoms with van der Waals surface area (Å²) in [6, 6.07) is 8.34. The van der Waals surface area contributed by atoms with Gasteiger partial charge >= 0.3 is 0 Å². The fourth-order valence-corrected chi connectivity index (χ4v) is 4.61. The number of imidazole rings is 1. The Hall–Kier alpha value is -1.96. The summed E-state index contributed by atoms with van der Waals surface area (Å²) < 4.78 is 2.30. The minimum atomic E-state index is 0.120. The van der Waals surface area contributed by atoms with Crippen LogP contribution in [0.2, 0.25) is 0 Å². The zero-order valence-electron chi connectivity index (χ0n) is 17.1. The Morgan fingerprint density at radius 3 is 2.71 bits per heavy atom. The van der Waals surface area contributed by atoms with Crippen LogP contribution in [0.4, 0.5) is 0 Å². The summed E-state index contributed by atoms with van der Waals surface area (Å²) in [5.41, 5.74) is 5.44. The largest absolute Gasteiger partial charge is 0.340 e. The number of rotatable bonds is 5. The van der Waals surface area contributed by atoms with E-state index in [1.54, 1.807) is 0 Å². The van der Waals surface area contributed by atoms with Crippen LogP contribution in [0.5, 0.6) is 0 Å². The Balaban J connectivity index is 1.41. The van der Waals surface area contributed by atoms with E-state index >= 15 is 0 Å². The minimum absolute atomic E-state index is 0.120. The molecule has 1 aromatic carbocycles. The molecule has 2 aliphatic rings. The molecule has 28 heavy (non-hydrogen) atoms. The highest BCUT2D eigenvalue weighted by Gasteiger charge is 2.31. The molecule has 2 saturated heterocycles. The number of aryl methyl sites for hydroxylation is 1. The molecule has 2 fully saturated rings. The number of likely N-dealkylation sites (tertiary alicyclic amines) is 1. The molecule has 0 aliphatic carbocycles. The molecule has 7 heteroatoms. The third-order valence-corrected chi connectivity index (χ3v) is 6.18. The van der Waals surface area contributed by atoms with E-state index < -0.39 is 0 Å². The maximum atomic E-state index is 13.0. The van der Waals surface area contributed by atoms with Gasteiger partial charge in [-0.25, -0.2) is 9.99 Å². The van der Waals surface area contributed by atoms with E-state index in [9.17, 15) is 4.79 Å². The lowest BCUT2D eigenvalue weighted by molar-refractivity contribution is -0.139. The van der Waals surface area contributed by atoms with Crippen molar-refractivity contribution in [2.45, 2.75) is 32.9 Å². The number of hydrogen-bond acceptors (Lipinski definition) is 5. The summed E-state index contributed by atoms with van der Waals surface area (Å²) in [6.07, 6.45) is 2.09. The van der Waals surface area contributed by atoms with Crippen LogP contribution in [0, 0.1) is 5.92 Å². The monoisotopic (exact) mass is 384 g/mol. The van der Waals surface area contributed by atoms with Crippen LogP contribution in [0.1, 0.15) is 25.6 Å². The maximum Gasteiger partial charge on any atom is 0.227 e. The fourth-order valence-electron chi connectivity index (χ4n) is 4.61. The number of hydrogen-bond donors (Lipinski definition) is 1. The Kier molecular flexibility index (Phi) is 5.94.